The monoisotopic (exact) mass is 230 g/mol. The molecule has 2 aromatic rings. The second-order valence-electron chi connectivity index (χ2n) is 3.12. The van der Waals surface area contributed by atoms with E-state index in [9.17, 15) is 0 Å². The molecule has 0 bridgehead atoms. The van der Waals surface area contributed by atoms with Crippen LogP contribution in [0, 0.1) is 19.3 Å². The molecule has 0 atom stereocenters. The van der Waals surface area contributed by atoms with E-state index in [0.717, 1.165) is 5.56 Å². The lowest BCUT2D eigenvalue weighted by Gasteiger charge is -2.03. The lowest BCUT2D eigenvalue weighted by Crippen LogP contribution is -1.82. The predicted octanol–water partition coefficient (Wildman–Crippen LogP) is 5.67. The van der Waals surface area contributed by atoms with Gasteiger partial charge in [0, 0.05) is 10.9 Å². The smallest absolute Gasteiger partial charge is 0.0323 e. The molecule has 17 heavy (non-hydrogen) atoms. The van der Waals surface area contributed by atoms with Crippen molar-refractivity contribution >= 4 is 10.8 Å². The molecule has 2 aromatic carbocycles. The number of aryl methyl sites for hydroxylation is 1. The largest absolute Gasteiger partial charge is 0.115 e. The van der Waals surface area contributed by atoms with E-state index in [2.05, 4.69) is 37.1 Å². The fourth-order valence-corrected chi connectivity index (χ4v) is 1.65. The van der Waals surface area contributed by atoms with Gasteiger partial charge >= 0.3 is 0 Å². The highest BCUT2D eigenvalue weighted by atomic mass is 14.0. The van der Waals surface area contributed by atoms with Crippen molar-refractivity contribution in [1.29, 1.82) is 0 Å². The summed E-state index contributed by atoms with van der Waals surface area (Å²) in [5, 5.41) is 2.42. The summed E-state index contributed by atoms with van der Waals surface area (Å²) >= 11 is 0. The van der Waals surface area contributed by atoms with Gasteiger partial charge in [-0.15, -0.1) is 6.42 Å². The molecule has 0 saturated heterocycles. The van der Waals surface area contributed by atoms with E-state index >= 15 is 0 Å². The Morgan fingerprint density at radius 2 is 1.41 bits per heavy atom. The molecule has 0 aliphatic carbocycles. The van der Waals surface area contributed by atoms with Crippen molar-refractivity contribution in [3.05, 3.63) is 47.5 Å². The standard InChI is InChI=1S/C13H10.4CH4/c1-3-11-7-5-9-12-8-4-6-10(2)13(11)12;;;;/h1,4-9H,2H3;4*1H4. The summed E-state index contributed by atoms with van der Waals surface area (Å²) in [5.74, 6) is 2.71. The van der Waals surface area contributed by atoms with Gasteiger partial charge in [0.05, 0.1) is 0 Å². The van der Waals surface area contributed by atoms with E-state index in [0.29, 0.717) is 0 Å². The summed E-state index contributed by atoms with van der Waals surface area (Å²) in [5.41, 5.74) is 2.22. The Balaban J connectivity index is -0.000000490. The number of hydrogen-bond acceptors (Lipinski definition) is 0. The van der Waals surface area contributed by atoms with Crippen molar-refractivity contribution in [3.63, 3.8) is 0 Å². The Morgan fingerprint density at radius 1 is 0.882 bits per heavy atom. The highest BCUT2D eigenvalue weighted by Crippen LogP contribution is 2.21. The van der Waals surface area contributed by atoms with Crippen LogP contribution in [0.1, 0.15) is 40.8 Å². The number of benzene rings is 2. The van der Waals surface area contributed by atoms with Gasteiger partial charge in [-0.2, -0.15) is 0 Å². The fourth-order valence-electron chi connectivity index (χ4n) is 1.65. The highest BCUT2D eigenvalue weighted by molar-refractivity contribution is 5.90. The molecule has 0 saturated carbocycles. The minimum absolute atomic E-state index is 0. The molecule has 0 fully saturated rings. The van der Waals surface area contributed by atoms with Crippen molar-refractivity contribution in [3.8, 4) is 12.3 Å². The number of fused-ring (bicyclic) bond motifs is 1. The van der Waals surface area contributed by atoms with Gasteiger partial charge in [-0.3, -0.25) is 0 Å². The molecular weight excluding hydrogens is 204 g/mol. The predicted molar refractivity (Wildman–Crippen MR) is 83.5 cm³/mol. The van der Waals surface area contributed by atoms with Gasteiger partial charge in [-0.1, -0.05) is 66.0 Å². The van der Waals surface area contributed by atoms with E-state index in [4.69, 9.17) is 6.42 Å². The molecule has 0 N–H and O–H groups in total. The van der Waals surface area contributed by atoms with Crippen molar-refractivity contribution in [2.45, 2.75) is 36.6 Å². The number of hydrogen-bond donors (Lipinski definition) is 0. The first-order valence-corrected chi connectivity index (χ1v) is 4.28. The average Bonchev–Trinajstić information content (AvgIpc) is 2.17. The SMILES string of the molecule is C.C.C.C.C#Cc1cccc2cccc(C)c12. The maximum absolute atomic E-state index is 5.43. The van der Waals surface area contributed by atoms with Gasteiger partial charge in [0.25, 0.3) is 0 Å². The molecular formula is C17H26. The molecule has 0 unspecified atom stereocenters. The van der Waals surface area contributed by atoms with E-state index in [1.54, 1.807) is 0 Å². The summed E-state index contributed by atoms with van der Waals surface area (Å²) in [4.78, 5) is 0. The van der Waals surface area contributed by atoms with E-state index in [1.807, 2.05) is 12.1 Å². The lowest BCUT2D eigenvalue weighted by atomic mass is 10.0. The summed E-state index contributed by atoms with van der Waals surface area (Å²) < 4.78 is 0. The molecule has 0 heterocycles. The molecule has 0 aliphatic rings. The zero-order chi connectivity index (χ0) is 9.26. The Bertz CT molecular complexity index is 482. The van der Waals surface area contributed by atoms with Crippen LogP contribution >= 0.6 is 0 Å². The van der Waals surface area contributed by atoms with Crippen molar-refractivity contribution < 1.29 is 0 Å². The maximum atomic E-state index is 5.43. The molecule has 0 radical (unpaired) electrons. The fraction of sp³-hybridized carbons (Fsp3) is 0.294. The highest BCUT2D eigenvalue weighted by Gasteiger charge is 1.99. The van der Waals surface area contributed by atoms with E-state index in [-0.39, 0.29) is 29.7 Å². The summed E-state index contributed by atoms with van der Waals surface area (Å²) in [6.07, 6.45) is 5.43. The Labute approximate surface area is 108 Å². The normalized spacial score (nSPS) is 7.53. The quantitative estimate of drug-likeness (QED) is 0.511. The molecule has 2 rings (SSSR count). The topological polar surface area (TPSA) is 0 Å². The Kier molecular flexibility index (Phi) is 10.2. The van der Waals surface area contributed by atoms with Crippen LogP contribution in [0.15, 0.2) is 36.4 Å². The molecule has 0 heteroatoms. The molecule has 0 aliphatic heterocycles. The van der Waals surface area contributed by atoms with Gasteiger partial charge in [-0.05, 0) is 23.9 Å². The van der Waals surface area contributed by atoms with Crippen LogP contribution in [0.25, 0.3) is 10.8 Å². The second kappa shape index (κ2) is 8.42. The van der Waals surface area contributed by atoms with Crippen LogP contribution < -0.4 is 0 Å². The van der Waals surface area contributed by atoms with Gasteiger partial charge in [0.15, 0.2) is 0 Å². The van der Waals surface area contributed by atoms with Gasteiger partial charge in [-0.25, -0.2) is 0 Å². The van der Waals surface area contributed by atoms with Gasteiger partial charge in [0.2, 0.25) is 0 Å². The number of rotatable bonds is 0. The van der Waals surface area contributed by atoms with E-state index < -0.39 is 0 Å². The number of terminal acetylenes is 1. The maximum Gasteiger partial charge on any atom is 0.0323 e. The Hall–Kier alpha value is -1.74. The summed E-state index contributed by atoms with van der Waals surface area (Å²) in [7, 11) is 0. The third kappa shape index (κ3) is 3.64. The third-order valence-corrected chi connectivity index (χ3v) is 2.27. The van der Waals surface area contributed by atoms with Gasteiger partial charge in [0.1, 0.15) is 0 Å². The van der Waals surface area contributed by atoms with Crippen molar-refractivity contribution in [2.24, 2.45) is 0 Å². The zero-order valence-corrected chi connectivity index (χ0v) is 7.54. The van der Waals surface area contributed by atoms with Crippen LogP contribution in [-0.4, -0.2) is 0 Å². The first-order chi connectivity index (χ1) is 6.33. The molecule has 0 aromatic heterocycles. The lowest BCUT2D eigenvalue weighted by molar-refractivity contribution is 1.52. The van der Waals surface area contributed by atoms with Crippen LogP contribution in [-0.2, 0) is 0 Å². The molecule has 0 spiro atoms. The van der Waals surface area contributed by atoms with Crippen LogP contribution in [0.3, 0.4) is 0 Å². The minimum atomic E-state index is 0. The van der Waals surface area contributed by atoms with Crippen molar-refractivity contribution in [1.82, 2.24) is 0 Å². The van der Waals surface area contributed by atoms with Crippen LogP contribution in [0.2, 0.25) is 0 Å². The summed E-state index contributed by atoms with van der Waals surface area (Å²) in [6, 6.07) is 12.3. The van der Waals surface area contributed by atoms with Gasteiger partial charge < -0.3 is 0 Å². The Morgan fingerprint density at radius 3 is 1.94 bits per heavy atom. The second-order valence-corrected chi connectivity index (χ2v) is 3.12. The first kappa shape index (κ1) is 20.6. The first-order valence-electron chi connectivity index (χ1n) is 4.28. The minimum Gasteiger partial charge on any atom is -0.115 e. The molecule has 94 valence electrons. The molecule has 0 nitrogen and oxygen atoms in total. The van der Waals surface area contributed by atoms with Crippen LogP contribution in [0.5, 0.6) is 0 Å². The van der Waals surface area contributed by atoms with E-state index in [1.165, 1.54) is 16.3 Å². The third-order valence-electron chi connectivity index (χ3n) is 2.27. The average molecular weight is 230 g/mol. The molecule has 0 amide bonds. The van der Waals surface area contributed by atoms with Crippen molar-refractivity contribution in [2.75, 3.05) is 0 Å². The zero-order valence-electron chi connectivity index (χ0n) is 7.54. The van der Waals surface area contributed by atoms with Crippen LogP contribution in [0.4, 0.5) is 0 Å². The summed E-state index contributed by atoms with van der Waals surface area (Å²) in [6.45, 7) is 2.09.